The summed E-state index contributed by atoms with van der Waals surface area (Å²) in [7, 11) is 0. The molecule has 0 bridgehead atoms. The van der Waals surface area contributed by atoms with Gasteiger partial charge in [-0.2, -0.15) is 0 Å². The topological polar surface area (TPSA) is 129 Å². The molecule has 4 aromatic rings. The molecule has 0 saturated heterocycles. The summed E-state index contributed by atoms with van der Waals surface area (Å²) in [6.45, 7) is 2.19. The minimum absolute atomic E-state index is 0.0295. The van der Waals surface area contributed by atoms with E-state index in [1.807, 2.05) is 31.2 Å². The molecular weight excluding hydrogens is 519 g/mol. The van der Waals surface area contributed by atoms with Crippen molar-refractivity contribution in [1.82, 2.24) is 30.6 Å². The van der Waals surface area contributed by atoms with E-state index in [4.69, 9.17) is 14.2 Å². The monoisotopic (exact) mass is 548 g/mol. The van der Waals surface area contributed by atoms with Gasteiger partial charge in [-0.15, -0.1) is 5.10 Å². The largest absolute Gasteiger partial charge is 0.489 e. The fourth-order valence-electron chi connectivity index (χ4n) is 3.60. The minimum Gasteiger partial charge on any atom is -0.489 e. The maximum absolute atomic E-state index is 12.8. The van der Waals surface area contributed by atoms with Gasteiger partial charge >= 0.3 is 0 Å². The van der Waals surface area contributed by atoms with Crippen LogP contribution in [0.15, 0.2) is 73.1 Å². The number of amides is 2. The van der Waals surface area contributed by atoms with E-state index in [0.29, 0.717) is 35.2 Å². The first kappa shape index (κ1) is 28.2. The summed E-state index contributed by atoms with van der Waals surface area (Å²) < 4.78 is 30.3. The number of carbonyl (C=O) groups excluding carboxylic acids is 2. The van der Waals surface area contributed by atoms with Crippen LogP contribution in [0.4, 0.5) is 4.39 Å². The van der Waals surface area contributed by atoms with Gasteiger partial charge in [0.2, 0.25) is 5.88 Å². The number of aromatic nitrogens is 4. The molecule has 0 aliphatic heterocycles. The van der Waals surface area contributed by atoms with Gasteiger partial charge in [0.25, 0.3) is 11.8 Å². The summed E-state index contributed by atoms with van der Waals surface area (Å²) in [6, 6.07) is 17.5. The number of rotatable bonds is 14. The van der Waals surface area contributed by atoms with Gasteiger partial charge in [0.05, 0.1) is 19.4 Å². The summed E-state index contributed by atoms with van der Waals surface area (Å²) in [5, 5.41) is 13.6. The normalized spacial score (nSPS) is 10.7. The lowest BCUT2D eigenvalue weighted by molar-refractivity contribution is 0.0894. The Kier molecular flexibility index (Phi) is 10.1. The van der Waals surface area contributed by atoms with Crippen molar-refractivity contribution < 1.29 is 28.2 Å². The average molecular weight is 549 g/mol. The van der Waals surface area contributed by atoms with Crippen LogP contribution in [0.2, 0.25) is 0 Å². The molecule has 2 heterocycles. The average Bonchev–Trinajstić information content (AvgIpc) is 3.47. The van der Waals surface area contributed by atoms with Gasteiger partial charge in [0.1, 0.15) is 30.5 Å². The molecule has 2 amide bonds. The van der Waals surface area contributed by atoms with Crippen LogP contribution in [0.25, 0.3) is 5.69 Å². The number of nitrogens with one attached hydrogen (secondary N) is 2. The third-order valence-corrected chi connectivity index (χ3v) is 5.45. The second kappa shape index (κ2) is 14.4. The molecule has 0 fully saturated rings. The third-order valence-electron chi connectivity index (χ3n) is 5.45. The molecule has 0 atom stereocenters. The first-order valence-corrected chi connectivity index (χ1v) is 12.6. The lowest BCUT2D eigenvalue weighted by Gasteiger charge is -2.13. The fourth-order valence-corrected chi connectivity index (χ4v) is 3.60. The number of pyridine rings is 1. The van der Waals surface area contributed by atoms with E-state index in [1.165, 1.54) is 10.9 Å². The van der Waals surface area contributed by atoms with Crippen LogP contribution in [0.1, 0.15) is 33.3 Å². The highest BCUT2D eigenvalue weighted by Crippen LogP contribution is 2.25. The SMILES string of the molecule is CCNC(=O)c1ccc(-n2cc(C(=O)NCc3cccc(Oc4ccccn4)c3)nn2)c(OCCOCCF)c1. The Labute approximate surface area is 230 Å². The maximum Gasteiger partial charge on any atom is 0.273 e. The Morgan fingerprint density at radius 1 is 0.975 bits per heavy atom. The molecule has 11 nitrogen and oxygen atoms in total. The zero-order chi connectivity index (χ0) is 28.2. The van der Waals surface area contributed by atoms with Crippen LogP contribution in [-0.4, -0.2) is 64.8 Å². The first-order valence-electron chi connectivity index (χ1n) is 12.6. The Hall–Kier alpha value is -4.84. The van der Waals surface area contributed by atoms with Crippen molar-refractivity contribution in [3.05, 3.63) is 89.9 Å². The number of hydrogen-bond acceptors (Lipinski definition) is 8. The van der Waals surface area contributed by atoms with Gasteiger partial charge in [-0.05, 0) is 48.9 Å². The number of alkyl halides is 1. The second-order valence-corrected chi connectivity index (χ2v) is 8.34. The molecule has 0 radical (unpaired) electrons. The van der Waals surface area contributed by atoms with E-state index in [0.717, 1.165) is 5.56 Å². The Morgan fingerprint density at radius 3 is 2.67 bits per heavy atom. The molecule has 2 N–H and O–H groups in total. The number of halogens is 1. The van der Waals surface area contributed by atoms with Crippen molar-refractivity contribution in [1.29, 1.82) is 0 Å². The number of benzene rings is 2. The van der Waals surface area contributed by atoms with Crippen molar-refractivity contribution in [2.45, 2.75) is 13.5 Å². The van der Waals surface area contributed by atoms with Crippen LogP contribution < -0.4 is 20.1 Å². The minimum atomic E-state index is -0.591. The lowest BCUT2D eigenvalue weighted by atomic mass is 10.1. The van der Waals surface area contributed by atoms with Crippen LogP contribution in [0.5, 0.6) is 17.4 Å². The van der Waals surface area contributed by atoms with Crippen molar-refractivity contribution in [3.8, 4) is 23.1 Å². The van der Waals surface area contributed by atoms with E-state index < -0.39 is 12.6 Å². The zero-order valence-corrected chi connectivity index (χ0v) is 21.9. The highest BCUT2D eigenvalue weighted by atomic mass is 19.1. The molecule has 2 aromatic carbocycles. The summed E-state index contributed by atoms with van der Waals surface area (Å²) in [5.41, 5.74) is 1.76. The van der Waals surface area contributed by atoms with Crippen molar-refractivity contribution in [3.63, 3.8) is 0 Å². The number of hydrogen-bond donors (Lipinski definition) is 2. The molecule has 12 heteroatoms. The standard InChI is InChI=1S/C28H29FN6O5/c1-2-30-27(36)21-9-10-24(25(17-21)39-15-14-38-13-11-29)35-19-23(33-34-35)28(37)32-18-20-6-5-7-22(16-20)40-26-8-3-4-12-31-26/h3-10,12,16-17,19H,2,11,13-15,18H2,1H3,(H,30,36)(H,32,37). The predicted octanol–water partition coefficient (Wildman–Crippen LogP) is 3.50. The molecule has 0 spiro atoms. The van der Waals surface area contributed by atoms with Gasteiger partial charge in [-0.3, -0.25) is 9.59 Å². The molecule has 0 aliphatic rings. The zero-order valence-electron chi connectivity index (χ0n) is 21.9. The Balaban J connectivity index is 1.43. The van der Waals surface area contributed by atoms with Crippen LogP contribution in [0, 0.1) is 0 Å². The Morgan fingerprint density at radius 2 is 1.88 bits per heavy atom. The predicted molar refractivity (Wildman–Crippen MR) is 144 cm³/mol. The second-order valence-electron chi connectivity index (χ2n) is 8.34. The molecule has 4 rings (SSSR count). The van der Waals surface area contributed by atoms with Gasteiger partial charge in [0, 0.05) is 30.9 Å². The van der Waals surface area contributed by atoms with Gasteiger partial charge < -0.3 is 24.8 Å². The van der Waals surface area contributed by atoms with Crippen LogP contribution in [0.3, 0.4) is 0 Å². The van der Waals surface area contributed by atoms with Crippen LogP contribution >= 0.6 is 0 Å². The quantitative estimate of drug-likeness (QED) is 0.229. The molecule has 208 valence electrons. The molecule has 0 saturated carbocycles. The van der Waals surface area contributed by atoms with E-state index in [9.17, 15) is 14.0 Å². The lowest BCUT2D eigenvalue weighted by Crippen LogP contribution is -2.23. The van der Waals surface area contributed by atoms with E-state index in [2.05, 4.69) is 25.9 Å². The molecule has 40 heavy (non-hydrogen) atoms. The summed E-state index contributed by atoms with van der Waals surface area (Å²) in [5.74, 6) is 0.697. The number of ether oxygens (including phenoxy) is 3. The van der Waals surface area contributed by atoms with E-state index in [-0.39, 0.29) is 38.0 Å². The highest BCUT2D eigenvalue weighted by Gasteiger charge is 2.16. The summed E-state index contributed by atoms with van der Waals surface area (Å²) >= 11 is 0. The third kappa shape index (κ3) is 7.84. The number of carbonyl (C=O) groups is 2. The van der Waals surface area contributed by atoms with Crippen molar-refractivity contribution in [2.75, 3.05) is 33.0 Å². The van der Waals surface area contributed by atoms with Gasteiger partial charge in [-0.1, -0.05) is 23.4 Å². The highest BCUT2D eigenvalue weighted by molar-refractivity contribution is 5.95. The maximum atomic E-state index is 12.8. The summed E-state index contributed by atoms with van der Waals surface area (Å²) in [6.07, 6.45) is 3.10. The molecular formula is C28H29FN6O5. The van der Waals surface area contributed by atoms with E-state index >= 15 is 0 Å². The van der Waals surface area contributed by atoms with Gasteiger partial charge in [0.15, 0.2) is 5.69 Å². The van der Waals surface area contributed by atoms with Gasteiger partial charge in [-0.25, -0.2) is 14.1 Å². The van der Waals surface area contributed by atoms with Crippen molar-refractivity contribution >= 4 is 11.8 Å². The Bertz CT molecular complexity index is 1420. The molecule has 0 aliphatic carbocycles. The smallest absolute Gasteiger partial charge is 0.273 e. The first-order chi connectivity index (χ1) is 19.6. The summed E-state index contributed by atoms with van der Waals surface area (Å²) in [4.78, 5) is 29.3. The fraction of sp³-hybridized carbons (Fsp3) is 0.250. The molecule has 0 unspecified atom stereocenters. The van der Waals surface area contributed by atoms with Crippen molar-refractivity contribution in [2.24, 2.45) is 0 Å². The van der Waals surface area contributed by atoms with E-state index in [1.54, 1.807) is 42.6 Å². The molecule has 2 aromatic heterocycles. The number of nitrogens with zero attached hydrogens (tertiary/aromatic N) is 4. The van der Waals surface area contributed by atoms with Crippen LogP contribution in [-0.2, 0) is 11.3 Å².